The van der Waals surface area contributed by atoms with Crippen LogP contribution in [0, 0.1) is 0 Å². The van der Waals surface area contributed by atoms with Gasteiger partial charge in [-0.1, -0.05) is 18.2 Å². The second kappa shape index (κ2) is 8.30. The number of hydrogen-bond donors (Lipinski definition) is 2. The third-order valence-electron chi connectivity index (χ3n) is 4.17. The van der Waals surface area contributed by atoms with Crippen molar-refractivity contribution >= 4 is 23.0 Å². The van der Waals surface area contributed by atoms with Gasteiger partial charge in [-0.3, -0.25) is 4.79 Å². The molecular formula is C19H20F3N3O2. The Morgan fingerprint density at radius 2 is 1.81 bits per heavy atom. The van der Waals surface area contributed by atoms with E-state index in [2.05, 4.69) is 15.5 Å². The summed E-state index contributed by atoms with van der Waals surface area (Å²) in [4.78, 5) is 14.3. The highest BCUT2D eigenvalue weighted by Crippen LogP contribution is 2.30. The third-order valence-corrected chi connectivity index (χ3v) is 4.17. The highest BCUT2D eigenvalue weighted by molar-refractivity contribution is 5.94. The minimum Gasteiger partial charge on any atom is -0.378 e. The number of ether oxygens (including phenoxy) is 1. The van der Waals surface area contributed by atoms with Crippen molar-refractivity contribution in [2.75, 3.05) is 48.4 Å². The molecule has 0 spiro atoms. The summed E-state index contributed by atoms with van der Waals surface area (Å²) in [6.45, 7) is 2.75. The molecule has 0 saturated carbocycles. The molecule has 1 amide bonds. The predicted octanol–water partition coefficient (Wildman–Crippen LogP) is 3.59. The van der Waals surface area contributed by atoms with Crippen LogP contribution in [-0.4, -0.2) is 38.8 Å². The molecule has 0 aromatic heterocycles. The number of nitrogens with one attached hydrogen (secondary N) is 2. The lowest BCUT2D eigenvalue weighted by Gasteiger charge is -2.30. The number of morpholine rings is 1. The van der Waals surface area contributed by atoms with Crippen LogP contribution in [0.5, 0.6) is 0 Å². The SMILES string of the molecule is O=C(CNc1ccccc1N1CCOCC1)Nc1cccc(C(F)(F)F)c1. The summed E-state index contributed by atoms with van der Waals surface area (Å²) in [5.41, 5.74) is 1.07. The summed E-state index contributed by atoms with van der Waals surface area (Å²) in [6.07, 6.45) is -4.45. The van der Waals surface area contributed by atoms with E-state index in [0.717, 1.165) is 36.6 Å². The van der Waals surface area contributed by atoms with E-state index in [1.165, 1.54) is 12.1 Å². The molecule has 2 aromatic rings. The second-order valence-corrected chi connectivity index (χ2v) is 6.10. The number of anilines is 3. The van der Waals surface area contributed by atoms with Gasteiger partial charge in [-0.15, -0.1) is 0 Å². The highest BCUT2D eigenvalue weighted by atomic mass is 19.4. The maximum Gasteiger partial charge on any atom is 0.416 e. The van der Waals surface area contributed by atoms with Crippen LogP contribution in [0.1, 0.15) is 5.56 Å². The van der Waals surface area contributed by atoms with Gasteiger partial charge in [-0.05, 0) is 30.3 Å². The van der Waals surface area contributed by atoms with Crippen molar-refractivity contribution in [3.8, 4) is 0 Å². The Kier molecular flexibility index (Phi) is 5.85. The van der Waals surface area contributed by atoms with Gasteiger partial charge in [0.1, 0.15) is 0 Å². The molecule has 3 rings (SSSR count). The van der Waals surface area contributed by atoms with Crippen LogP contribution in [0.3, 0.4) is 0 Å². The predicted molar refractivity (Wildman–Crippen MR) is 98.0 cm³/mol. The van der Waals surface area contributed by atoms with E-state index in [1.54, 1.807) is 0 Å². The number of carbonyl (C=O) groups is 1. The maximum atomic E-state index is 12.8. The monoisotopic (exact) mass is 379 g/mol. The number of rotatable bonds is 5. The molecule has 0 aliphatic carbocycles. The Hall–Kier alpha value is -2.74. The quantitative estimate of drug-likeness (QED) is 0.834. The molecule has 1 heterocycles. The van der Waals surface area contributed by atoms with Crippen LogP contribution in [0.4, 0.5) is 30.2 Å². The van der Waals surface area contributed by atoms with E-state index in [0.29, 0.717) is 13.2 Å². The van der Waals surface area contributed by atoms with Crippen molar-refractivity contribution in [1.82, 2.24) is 0 Å². The van der Waals surface area contributed by atoms with Crippen molar-refractivity contribution in [2.24, 2.45) is 0 Å². The van der Waals surface area contributed by atoms with Gasteiger partial charge in [-0.2, -0.15) is 13.2 Å². The number of amides is 1. The fourth-order valence-electron chi connectivity index (χ4n) is 2.86. The molecule has 0 atom stereocenters. The van der Waals surface area contributed by atoms with Gasteiger partial charge in [0.15, 0.2) is 0 Å². The summed E-state index contributed by atoms with van der Waals surface area (Å²) in [7, 11) is 0. The molecule has 2 N–H and O–H groups in total. The van der Waals surface area contributed by atoms with Gasteiger partial charge in [0.2, 0.25) is 5.91 Å². The number of carbonyl (C=O) groups excluding carboxylic acids is 1. The Bertz CT molecular complexity index is 790. The first-order chi connectivity index (χ1) is 12.9. The van der Waals surface area contributed by atoms with E-state index < -0.39 is 17.6 Å². The number of hydrogen-bond acceptors (Lipinski definition) is 4. The average molecular weight is 379 g/mol. The Labute approximate surface area is 155 Å². The van der Waals surface area contributed by atoms with E-state index in [9.17, 15) is 18.0 Å². The van der Waals surface area contributed by atoms with Gasteiger partial charge in [0.05, 0.1) is 36.7 Å². The maximum absolute atomic E-state index is 12.8. The fourth-order valence-corrected chi connectivity index (χ4v) is 2.86. The summed E-state index contributed by atoms with van der Waals surface area (Å²) in [5.74, 6) is -0.425. The zero-order valence-electron chi connectivity index (χ0n) is 14.6. The van der Waals surface area contributed by atoms with E-state index in [1.807, 2.05) is 24.3 Å². The summed E-state index contributed by atoms with van der Waals surface area (Å²) < 4.78 is 43.6. The molecule has 1 saturated heterocycles. The largest absolute Gasteiger partial charge is 0.416 e. The first-order valence-corrected chi connectivity index (χ1v) is 8.56. The minimum atomic E-state index is -4.45. The smallest absolute Gasteiger partial charge is 0.378 e. The zero-order valence-corrected chi connectivity index (χ0v) is 14.6. The summed E-state index contributed by atoms with van der Waals surface area (Å²) >= 11 is 0. The molecule has 8 heteroatoms. The molecule has 0 bridgehead atoms. The van der Waals surface area contributed by atoms with Crippen LogP contribution >= 0.6 is 0 Å². The fraction of sp³-hybridized carbons (Fsp3) is 0.316. The molecular weight excluding hydrogens is 359 g/mol. The molecule has 0 unspecified atom stereocenters. The average Bonchev–Trinajstić information content (AvgIpc) is 2.67. The minimum absolute atomic E-state index is 0.0579. The van der Waals surface area contributed by atoms with Gasteiger partial charge >= 0.3 is 6.18 Å². The lowest BCUT2D eigenvalue weighted by atomic mass is 10.2. The first kappa shape index (κ1) is 19.0. The van der Waals surface area contributed by atoms with Crippen LogP contribution in [0.15, 0.2) is 48.5 Å². The normalized spacial score (nSPS) is 14.7. The second-order valence-electron chi connectivity index (χ2n) is 6.10. The topological polar surface area (TPSA) is 53.6 Å². The van der Waals surface area contributed by atoms with Crippen molar-refractivity contribution < 1.29 is 22.7 Å². The molecule has 27 heavy (non-hydrogen) atoms. The lowest BCUT2D eigenvalue weighted by Crippen LogP contribution is -2.36. The van der Waals surface area contributed by atoms with Crippen LogP contribution in [-0.2, 0) is 15.7 Å². The number of halogens is 3. The first-order valence-electron chi connectivity index (χ1n) is 8.56. The van der Waals surface area contributed by atoms with Crippen LogP contribution < -0.4 is 15.5 Å². The molecule has 2 aromatic carbocycles. The van der Waals surface area contributed by atoms with Gasteiger partial charge < -0.3 is 20.3 Å². The van der Waals surface area contributed by atoms with E-state index >= 15 is 0 Å². The molecule has 1 fully saturated rings. The molecule has 0 radical (unpaired) electrons. The van der Waals surface area contributed by atoms with Gasteiger partial charge in [0, 0.05) is 18.8 Å². The standard InChI is InChI=1S/C19H20F3N3O2/c20-19(21,22)14-4-3-5-15(12-14)24-18(26)13-23-16-6-1-2-7-17(16)25-8-10-27-11-9-25/h1-7,12,23H,8-11,13H2,(H,24,26). The Balaban J connectivity index is 1.62. The van der Waals surface area contributed by atoms with Gasteiger partial charge in [-0.25, -0.2) is 0 Å². The zero-order chi connectivity index (χ0) is 19.3. The van der Waals surface area contributed by atoms with Crippen molar-refractivity contribution in [1.29, 1.82) is 0 Å². The third kappa shape index (κ3) is 5.13. The number of benzene rings is 2. The van der Waals surface area contributed by atoms with E-state index in [4.69, 9.17) is 4.74 Å². The number of para-hydroxylation sites is 2. The van der Waals surface area contributed by atoms with Crippen LogP contribution in [0.2, 0.25) is 0 Å². The summed E-state index contributed by atoms with van der Waals surface area (Å²) in [5, 5.41) is 5.55. The van der Waals surface area contributed by atoms with Gasteiger partial charge in [0.25, 0.3) is 0 Å². The molecule has 1 aliphatic heterocycles. The molecule has 144 valence electrons. The highest BCUT2D eigenvalue weighted by Gasteiger charge is 2.30. The van der Waals surface area contributed by atoms with Crippen molar-refractivity contribution in [3.63, 3.8) is 0 Å². The van der Waals surface area contributed by atoms with E-state index in [-0.39, 0.29) is 12.2 Å². The molecule has 5 nitrogen and oxygen atoms in total. The van der Waals surface area contributed by atoms with Crippen LogP contribution in [0.25, 0.3) is 0 Å². The number of nitrogens with zero attached hydrogens (tertiary/aromatic N) is 1. The van der Waals surface area contributed by atoms with Crippen molar-refractivity contribution in [2.45, 2.75) is 6.18 Å². The van der Waals surface area contributed by atoms with Crippen molar-refractivity contribution in [3.05, 3.63) is 54.1 Å². The Morgan fingerprint density at radius 3 is 2.56 bits per heavy atom. The Morgan fingerprint density at radius 1 is 1.07 bits per heavy atom. The lowest BCUT2D eigenvalue weighted by molar-refractivity contribution is -0.137. The number of alkyl halides is 3. The molecule has 1 aliphatic rings. The summed E-state index contributed by atoms with van der Waals surface area (Å²) in [6, 6.07) is 12.2.